The van der Waals surface area contributed by atoms with E-state index >= 15 is 0 Å². The maximum absolute atomic E-state index is 3.58. The molecule has 2 aromatic rings. The van der Waals surface area contributed by atoms with Crippen molar-refractivity contribution in [1.29, 1.82) is 0 Å². The van der Waals surface area contributed by atoms with Gasteiger partial charge in [0.1, 0.15) is 0 Å². The Labute approximate surface area is 134 Å². The van der Waals surface area contributed by atoms with Gasteiger partial charge in [0.05, 0.1) is 0 Å². The van der Waals surface area contributed by atoms with E-state index in [0.717, 1.165) is 23.2 Å². The first kappa shape index (κ1) is 15.6. The fraction of sp³-hybridized carbons (Fsp3) is 0.294. The molecular weight excluding hydrogens is 330 g/mol. The molecule has 0 aliphatic heterocycles. The van der Waals surface area contributed by atoms with Crippen molar-refractivity contribution < 1.29 is 0 Å². The highest BCUT2D eigenvalue weighted by Crippen LogP contribution is 2.23. The summed E-state index contributed by atoms with van der Waals surface area (Å²) < 4.78 is 1.14. The van der Waals surface area contributed by atoms with Crippen LogP contribution in [0.2, 0.25) is 0 Å². The van der Waals surface area contributed by atoms with Crippen molar-refractivity contribution in [1.82, 2.24) is 5.32 Å². The Hall–Kier alpha value is -0.770. The fourth-order valence-corrected chi connectivity index (χ4v) is 3.70. The lowest BCUT2D eigenvalue weighted by atomic mass is 10.1. The second kappa shape index (κ2) is 8.50. The van der Waals surface area contributed by atoms with E-state index in [4.69, 9.17) is 0 Å². The van der Waals surface area contributed by atoms with Crippen LogP contribution in [0.15, 0.2) is 64.0 Å². The van der Waals surface area contributed by atoms with Crippen LogP contribution in [0.1, 0.15) is 12.5 Å². The minimum absolute atomic E-state index is 0.506. The van der Waals surface area contributed by atoms with Gasteiger partial charge in [-0.1, -0.05) is 59.3 Å². The lowest BCUT2D eigenvalue weighted by molar-refractivity contribution is 0.572. The molecule has 1 unspecified atom stereocenters. The minimum atomic E-state index is 0.506. The fourth-order valence-electron chi connectivity index (χ4n) is 2.13. The van der Waals surface area contributed by atoms with Crippen molar-refractivity contribution in [3.8, 4) is 0 Å². The minimum Gasteiger partial charge on any atom is -0.313 e. The number of hydrogen-bond acceptors (Lipinski definition) is 2. The van der Waals surface area contributed by atoms with Gasteiger partial charge < -0.3 is 5.32 Å². The summed E-state index contributed by atoms with van der Waals surface area (Å²) in [7, 11) is 0. The average Bonchev–Trinajstić information content (AvgIpc) is 2.46. The van der Waals surface area contributed by atoms with Gasteiger partial charge in [0.2, 0.25) is 0 Å². The molecular formula is C17H20BrNS. The van der Waals surface area contributed by atoms with Crippen LogP contribution < -0.4 is 5.32 Å². The van der Waals surface area contributed by atoms with Crippen molar-refractivity contribution in [2.45, 2.75) is 24.3 Å². The van der Waals surface area contributed by atoms with E-state index < -0.39 is 0 Å². The van der Waals surface area contributed by atoms with Gasteiger partial charge in [0.15, 0.2) is 0 Å². The Kier molecular flexibility index (Phi) is 6.64. The van der Waals surface area contributed by atoms with E-state index in [2.05, 4.69) is 82.8 Å². The largest absolute Gasteiger partial charge is 0.313 e. The smallest absolute Gasteiger partial charge is 0.0201 e. The van der Waals surface area contributed by atoms with Gasteiger partial charge in [0, 0.05) is 21.2 Å². The van der Waals surface area contributed by atoms with Crippen molar-refractivity contribution in [2.24, 2.45) is 0 Å². The Morgan fingerprint density at radius 3 is 2.60 bits per heavy atom. The first-order valence-electron chi connectivity index (χ1n) is 6.93. The predicted octanol–water partition coefficient (Wildman–Crippen LogP) is 4.76. The van der Waals surface area contributed by atoms with Crippen molar-refractivity contribution in [3.05, 3.63) is 64.6 Å². The normalized spacial score (nSPS) is 12.3. The number of benzene rings is 2. The lowest BCUT2D eigenvalue weighted by Gasteiger charge is -2.17. The summed E-state index contributed by atoms with van der Waals surface area (Å²) in [5, 5.41) is 3.58. The molecule has 0 aliphatic carbocycles. The molecule has 0 fully saturated rings. The van der Waals surface area contributed by atoms with Crippen LogP contribution in [-0.2, 0) is 6.42 Å². The monoisotopic (exact) mass is 349 g/mol. The third-order valence-corrected chi connectivity index (χ3v) is 4.71. The first-order valence-corrected chi connectivity index (χ1v) is 8.71. The summed E-state index contributed by atoms with van der Waals surface area (Å²) in [6, 6.07) is 19.7. The van der Waals surface area contributed by atoms with Crippen LogP contribution in [0.25, 0.3) is 0 Å². The van der Waals surface area contributed by atoms with Gasteiger partial charge in [-0.15, -0.1) is 11.8 Å². The topological polar surface area (TPSA) is 12.0 Å². The molecule has 2 aromatic carbocycles. The van der Waals surface area contributed by atoms with Crippen LogP contribution in [-0.4, -0.2) is 18.3 Å². The molecule has 0 spiro atoms. The quantitative estimate of drug-likeness (QED) is 0.723. The summed E-state index contributed by atoms with van der Waals surface area (Å²) in [4.78, 5) is 1.32. The van der Waals surface area contributed by atoms with Crippen LogP contribution in [0.5, 0.6) is 0 Å². The molecule has 0 heterocycles. The van der Waals surface area contributed by atoms with Gasteiger partial charge in [0.25, 0.3) is 0 Å². The summed E-state index contributed by atoms with van der Waals surface area (Å²) in [5.74, 6) is 1.08. The SMILES string of the molecule is CCNC(CSc1cccc(Br)c1)Cc1ccccc1. The van der Waals surface area contributed by atoms with E-state index in [1.54, 1.807) is 0 Å². The molecule has 1 atom stereocenters. The molecule has 1 nitrogen and oxygen atoms in total. The third kappa shape index (κ3) is 5.31. The summed E-state index contributed by atoms with van der Waals surface area (Å²) in [6.07, 6.45) is 1.08. The van der Waals surface area contributed by atoms with E-state index in [1.807, 2.05) is 11.8 Å². The molecule has 106 valence electrons. The maximum Gasteiger partial charge on any atom is 0.0201 e. The highest BCUT2D eigenvalue weighted by molar-refractivity contribution is 9.10. The predicted molar refractivity (Wildman–Crippen MR) is 92.5 cm³/mol. The second-order valence-electron chi connectivity index (χ2n) is 4.71. The van der Waals surface area contributed by atoms with E-state index in [9.17, 15) is 0 Å². The number of nitrogens with one attached hydrogen (secondary N) is 1. The van der Waals surface area contributed by atoms with Crippen molar-refractivity contribution in [2.75, 3.05) is 12.3 Å². The summed E-state index contributed by atoms with van der Waals surface area (Å²) >= 11 is 5.43. The zero-order chi connectivity index (χ0) is 14.2. The number of halogens is 1. The van der Waals surface area contributed by atoms with E-state index in [1.165, 1.54) is 10.5 Å². The molecule has 0 aromatic heterocycles. The zero-order valence-electron chi connectivity index (χ0n) is 11.7. The second-order valence-corrected chi connectivity index (χ2v) is 6.72. The molecule has 0 bridgehead atoms. The Balaban J connectivity index is 1.92. The average molecular weight is 350 g/mol. The zero-order valence-corrected chi connectivity index (χ0v) is 14.1. The first-order chi connectivity index (χ1) is 9.78. The maximum atomic E-state index is 3.58. The van der Waals surface area contributed by atoms with Crippen LogP contribution in [0.3, 0.4) is 0 Å². The summed E-state index contributed by atoms with van der Waals surface area (Å²) in [5.41, 5.74) is 1.40. The van der Waals surface area contributed by atoms with Crippen LogP contribution >= 0.6 is 27.7 Å². The van der Waals surface area contributed by atoms with Gasteiger partial charge in [-0.05, 0) is 36.7 Å². The molecule has 0 saturated heterocycles. The lowest BCUT2D eigenvalue weighted by Crippen LogP contribution is -2.33. The number of likely N-dealkylation sites (N-methyl/N-ethyl adjacent to an activating group) is 1. The molecule has 2 rings (SSSR count). The molecule has 0 aliphatic rings. The summed E-state index contributed by atoms with van der Waals surface area (Å²) in [6.45, 7) is 3.18. The highest BCUT2D eigenvalue weighted by Gasteiger charge is 2.09. The molecule has 0 radical (unpaired) electrons. The number of rotatable bonds is 7. The van der Waals surface area contributed by atoms with Crippen molar-refractivity contribution >= 4 is 27.7 Å². The standard InChI is InChI=1S/C17H20BrNS/c1-2-19-16(11-14-7-4-3-5-8-14)13-20-17-10-6-9-15(18)12-17/h3-10,12,16,19H,2,11,13H2,1H3. The van der Waals surface area contributed by atoms with Gasteiger partial charge in [-0.3, -0.25) is 0 Å². The molecule has 1 N–H and O–H groups in total. The van der Waals surface area contributed by atoms with Crippen molar-refractivity contribution in [3.63, 3.8) is 0 Å². The van der Waals surface area contributed by atoms with Gasteiger partial charge in [-0.2, -0.15) is 0 Å². The molecule has 0 amide bonds. The van der Waals surface area contributed by atoms with Gasteiger partial charge in [-0.25, -0.2) is 0 Å². The third-order valence-electron chi connectivity index (χ3n) is 3.06. The Bertz CT molecular complexity index is 515. The highest BCUT2D eigenvalue weighted by atomic mass is 79.9. The Morgan fingerprint density at radius 1 is 1.10 bits per heavy atom. The van der Waals surface area contributed by atoms with Gasteiger partial charge >= 0.3 is 0 Å². The molecule has 0 saturated carbocycles. The Morgan fingerprint density at radius 2 is 1.90 bits per heavy atom. The number of hydrogen-bond donors (Lipinski definition) is 1. The molecule has 3 heteroatoms. The van der Waals surface area contributed by atoms with Crippen LogP contribution in [0, 0.1) is 0 Å². The van der Waals surface area contributed by atoms with E-state index in [0.29, 0.717) is 6.04 Å². The number of thioether (sulfide) groups is 1. The molecule has 20 heavy (non-hydrogen) atoms. The van der Waals surface area contributed by atoms with Crippen LogP contribution in [0.4, 0.5) is 0 Å². The van der Waals surface area contributed by atoms with E-state index in [-0.39, 0.29) is 0 Å².